The zero-order valence-corrected chi connectivity index (χ0v) is 15.7. The van der Waals surface area contributed by atoms with E-state index in [1.165, 1.54) is 18.9 Å². The Labute approximate surface area is 156 Å². The number of hydrogen-bond donors (Lipinski definition) is 1. The van der Waals surface area contributed by atoms with E-state index < -0.39 is 17.1 Å². The molecule has 1 N–H and O–H groups in total. The van der Waals surface area contributed by atoms with Gasteiger partial charge in [0.25, 0.3) is 5.91 Å². The van der Waals surface area contributed by atoms with Gasteiger partial charge in [-0.3, -0.25) is 9.59 Å². The molecule has 7 heteroatoms. The molecule has 138 valence electrons. The van der Waals surface area contributed by atoms with Gasteiger partial charge in [0.1, 0.15) is 16.7 Å². The fourth-order valence-corrected chi connectivity index (χ4v) is 2.98. The number of methoxy groups -OCH3 is 2. The topological polar surface area (TPSA) is 73.9 Å². The molecular formula is C19H21NO5S. The van der Waals surface area contributed by atoms with Gasteiger partial charge in [-0.2, -0.15) is 0 Å². The van der Waals surface area contributed by atoms with Crippen LogP contribution in [0.25, 0.3) is 0 Å². The van der Waals surface area contributed by atoms with Crippen molar-refractivity contribution in [2.45, 2.75) is 17.1 Å². The third-order valence-corrected chi connectivity index (χ3v) is 4.51. The number of benzene rings is 2. The molecule has 6 nitrogen and oxygen atoms in total. The molecule has 0 aromatic heterocycles. The third kappa shape index (κ3) is 5.70. The molecule has 1 amide bonds. The summed E-state index contributed by atoms with van der Waals surface area (Å²) in [6, 6.07) is 14.5. The van der Waals surface area contributed by atoms with Gasteiger partial charge in [0.05, 0.1) is 19.9 Å². The van der Waals surface area contributed by atoms with Crippen LogP contribution >= 0.6 is 11.8 Å². The van der Waals surface area contributed by atoms with Gasteiger partial charge in [-0.05, 0) is 31.2 Å². The minimum absolute atomic E-state index is 0.367. The Balaban J connectivity index is 1.85. The van der Waals surface area contributed by atoms with Gasteiger partial charge >= 0.3 is 5.97 Å². The van der Waals surface area contributed by atoms with Crippen molar-refractivity contribution < 1.29 is 23.8 Å². The van der Waals surface area contributed by atoms with E-state index in [-0.39, 0.29) is 6.61 Å². The van der Waals surface area contributed by atoms with Crippen LogP contribution in [-0.4, -0.2) is 38.0 Å². The van der Waals surface area contributed by atoms with Crippen LogP contribution < -0.4 is 14.8 Å². The minimum atomic E-state index is -0.448. The van der Waals surface area contributed by atoms with Crippen molar-refractivity contribution in [3.05, 3.63) is 48.5 Å². The van der Waals surface area contributed by atoms with Gasteiger partial charge in [0, 0.05) is 11.0 Å². The second-order valence-electron chi connectivity index (χ2n) is 5.30. The lowest BCUT2D eigenvalue weighted by Gasteiger charge is -2.13. The predicted molar refractivity (Wildman–Crippen MR) is 101 cm³/mol. The molecule has 0 heterocycles. The van der Waals surface area contributed by atoms with Gasteiger partial charge in [0.2, 0.25) is 0 Å². The first-order valence-corrected chi connectivity index (χ1v) is 8.81. The first-order chi connectivity index (χ1) is 12.5. The average Bonchev–Trinajstić information content (AvgIpc) is 2.67. The van der Waals surface area contributed by atoms with E-state index in [9.17, 15) is 9.59 Å². The number of amides is 1. The lowest BCUT2D eigenvalue weighted by molar-refractivity contribution is -0.146. The van der Waals surface area contributed by atoms with Gasteiger partial charge in [0.15, 0.2) is 6.61 Å². The molecule has 0 aliphatic heterocycles. The molecule has 0 bridgehead atoms. The molecule has 26 heavy (non-hydrogen) atoms. The highest BCUT2D eigenvalue weighted by Gasteiger charge is 2.18. The van der Waals surface area contributed by atoms with Crippen LogP contribution in [0.5, 0.6) is 11.5 Å². The molecule has 2 aromatic carbocycles. The van der Waals surface area contributed by atoms with Gasteiger partial charge in [-0.25, -0.2) is 0 Å². The molecule has 0 saturated carbocycles. The summed E-state index contributed by atoms with van der Waals surface area (Å²) in [5.74, 6) is 0.171. The van der Waals surface area contributed by atoms with Crippen molar-refractivity contribution in [3.63, 3.8) is 0 Å². The Morgan fingerprint density at radius 3 is 2.46 bits per heavy atom. The fourth-order valence-electron chi connectivity index (χ4n) is 2.09. The monoisotopic (exact) mass is 375 g/mol. The maximum Gasteiger partial charge on any atom is 0.319 e. The number of rotatable bonds is 8. The summed E-state index contributed by atoms with van der Waals surface area (Å²) in [7, 11) is 3.04. The van der Waals surface area contributed by atoms with E-state index in [2.05, 4.69) is 5.32 Å². The Morgan fingerprint density at radius 2 is 1.81 bits per heavy atom. The molecule has 1 atom stereocenters. The number of ether oxygens (including phenoxy) is 3. The number of carbonyl (C=O) groups excluding carboxylic acids is 2. The number of anilines is 1. The van der Waals surface area contributed by atoms with Crippen LogP contribution in [0.3, 0.4) is 0 Å². The summed E-state index contributed by atoms with van der Waals surface area (Å²) in [5.41, 5.74) is 0.473. The highest BCUT2D eigenvalue weighted by atomic mass is 32.2. The highest BCUT2D eigenvalue weighted by molar-refractivity contribution is 8.00. The number of hydrogen-bond acceptors (Lipinski definition) is 6. The van der Waals surface area contributed by atoms with Crippen molar-refractivity contribution in [2.75, 3.05) is 26.1 Å². The summed E-state index contributed by atoms with van der Waals surface area (Å²) in [5, 5.41) is 2.24. The van der Waals surface area contributed by atoms with E-state index >= 15 is 0 Å². The maximum absolute atomic E-state index is 12.0. The third-order valence-electron chi connectivity index (χ3n) is 3.42. The quantitative estimate of drug-likeness (QED) is 0.563. The van der Waals surface area contributed by atoms with Crippen molar-refractivity contribution in [1.29, 1.82) is 0 Å². The van der Waals surface area contributed by atoms with Crippen LogP contribution in [0.2, 0.25) is 0 Å². The van der Waals surface area contributed by atoms with Crippen molar-refractivity contribution in [2.24, 2.45) is 0 Å². The highest BCUT2D eigenvalue weighted by Crippen LogP contribution is 2.29. The summed E-state index contributed by atoms with van der Waals surface area (Å²) in [6.45, 7) is 1.37. The fraction of sp³-hybridized carbons (Fsp3) is 0.263. The SMILES string of the molecule is COc1ccc(NC(=O)COC(=O)[C@@H](C)Sc2ccccc2)c(OC)c1. The summed E-state index contributed by atoms with van der Waals surface area (Å²) < 4.78 is 15.4. The van der Waals surface area contributed by atoms with E-state index in [0.29, 0.717) is 17.2 Å². The first kappa shape index (κ1) is 19.7. The lowest BCUT2D eigenvalue weighted by Crippen LogP contribution is -2.25. The van der Waals surface area contributed by atoms with Gasteiger partial charge < -0.3 is 19.5 Å². The van der Waals surface area contributed by atoms with Crippen LogP contribution in [0.1, 0.15) is 6.92 Å². The second kappa shape index (κ2) is 9.72. The maximum atomic E-state index is 12.0. The van der Waals surface area contributed by atoms with Crippen LogP contribution in [0.4, 0.5) is 5.69 Å². The molecule has 2 rings (SSSR count). The molecule has 0 saturated heterocycles. The van der Waals surface area contributed by atoms with E-state index in [0.717, 1.165) is 4.90 Å². The normalized spacial score (nSPS) is 11.3. The largest absolute Gasteiger partial charge is 0.497 e. The van der Waals surface area contributed by atoms with Crippen molar-refractivity contribution >= 4 is 29.3 Å². The number of thioether (sulfide) groups is 1. The standard InChI is InChI=1S/C19H21NO5S/c1-13(26-15-7-5-4-6-8-15)19(22)25-12-18(21)20-16-10-9-14(23-2)11-17(16)24-3/h4-11,13H,12H2,1-3H3,(H,20,21)/t13-/m1/s1. The molecule has 0 aliphatic rings. The Morgan fingerprint density at radius 1 is 1.08 bits per heavy atom. The van der Waals surface area contributed by atoms with E-state index in [1.54, 1.807) is 32.2 Å². The molecule has 0 fully saturated rings. The number of nitrogens with one attached hydrogen (secondary N) is 1. The molecule has 2 aromatic rings. The van der Waals surface area contributed by atoms with Gasteiger partial charge in [-0.15, -0.1) is 11.8 Å². The van der Waals surface area contributed by atoms with Crippen LogP contribution in [-0.2, 0) is 14.3 Å². The Bertz CT molecular complexity index is 751. The van der Waals surface area contributed by atoms with Crippen molar-refractivity contribution in [3.8, 4) is 11.5 Å². The zero-order chi connectivity index (χ0) is 18.9. The smallest absolute Gasteiger partial charge is 0.319 e. The number of carbonyl (C=O) groups is 2. The summed E-state index contributed by atoms with van der Waals surface area (Å²) in [6.07, 6.45) is 0. The molecule has 0 aliphatic carbocycles. The molecule has 0 radical (unpaired) electrons. The van der Waals surface area contributed by atoms with Crippen molar-refractivity contribution in [1.82, 2.24) is 0 Å². The molecule has 0 unspecified atom stereocenters. The summed E-state index contributed by atoms with van der Waals surface area (Å²) >= 11 is 1.38. The van der Waals surface area contributed by atoms with E-state index in [1.807, 2.05) is 30.3 Å². The zero-order valence-electron chi connectivity index (χ0n) is 14.9. The van der Waals surface area contributed by atoms with Crippen LogP contribution in [0, 0.1) is 0 Å². The Hall–Kier alpha value is -2.67. The first-order valence-electron chi connectivity index (χ1n) is 7.93. The lowest BCUT2D eigenvalue weighted by atomic mass is 10.2. The Kier molecular flexibility index (Phi) is 7.35. The van der Waals surface area contributed by atoms with Gasteiger partial charge in [-0.1, -0.05) is 18.2 Å². The second-order valence-corrected chi connectivity index (χ2v) is 6.71. The molecule has 0 spiro atoms. The summed E-state index contributed by atoms with van der Waals surface area (Å²) in [4.78, 5) is 25.0. The number of esters is 1. The minimum Gasteiger partial charge on any atom is -0.497 e. The van der Waals surface area contributed by atoms with E-state index in [4.69, 9.17) is 14.2 Å². The average molecular weight is 375 g/mol. The van der Waals surface area contributed by atoms with Crippen LogP contribution in [0.15, 0.2) is 53.4 Å². The molecular weight excluding hydrogens is 354 g/mol. The predicted octanol–water partition coefficient (Wildman–Crippen LogP) is 3.37.